The lowest BCUT2D eigenvalue weighted by atomic mass is 9.98. The summed E-state index contributed by atoms with van der Waals surface area (Å²) >= 11 is 0. The molecule has 0 bridgehead atoms. The van der Waals surface area contributed by atoms with E-state index < -0.39 is 0 Å². The number of unbranched alkanes of at least 4 members (excludes halogenated alkanes) is 1. The third kappa shape index (κ3) is 4.64. The van der Waals surface area contributed by atoms with Gasteiger partial charge in [-0.3, -0.25) is 9.59 Å². The first-order valence-corrected chi connectivity index (χ1v) is 6.06. The molecule has 1 fully saturated rings. The normalized spacial score (nSPS) is 23.4. The van der Waals surface area contributed by atoms with Crippen molar-refractivity contribution in [2.75, 3.05) is 13.2 Å². The van der Waals surface area contributed by atoms with Crippen molar-refractivity contribution in [3.63, 3.8) is 0 Å². The molecule has 0 spiro atoms. The molecule has 0 aromatic rings. The van der Waals surface area contributed by atoms with Crippen molar-refractivity contribution in [3.05, 3.63) is 0 Å². The Labute approximate surface area is 96.3 Å². The van der Waals surface area contributed by atoms with Gasteiger partial charge in [0.25, 0.3) is 0 Å². The van der Waals surface area contributed by atoms with Gasteiger partial charge in [0.05, 0.1) is 25.6 Å². The number of rotatable bonds is 3. The zero-order chi connectivity index (χ0) is 11.8. The molecule has 4 heteroatoms. The lowest BCUT2D eigenvalue weighted by molar-refractivity contribution is -0.157. The molecular weight excluding hydrogens is 208 g/mol. The van der Waals surface area contributed by atoms with E-state index in [-0.39, 0.29) is 24.3 Å². The molecule has 1 aliphatic rings. The summed E-state index contributed by atoms with van der Waals surface area (Å²) in [5, 5.41) is 0. The molecule has 92 valence electrons. The number of carbonyl (C=O) groups excluding carboxylic acids is 2. The SMILES string of the molecule is CCCCC1CC(=O)OCCCCOC1=O. The molecule has 1 unspecified atom stereocenters. The topological polar surface area (TPSA) is 52.6 Å². The fourth-order valence-electron chi connectivity index (χ4n) is 1.69. The molecule has 4 nitrogen and oxygen atoms in total. The van der Waals surface area contributed by atoms with Crippen molar-refractivity contribution in [3.8, 4) is 0 Å². The minimum atomic E-state index is -0.314. The Morgan fingerprint density at radius 1 is 1.19 bits per heavy atom. The number of esters is 2. The number of ether oxygens (including phenoxy) is 2. The van der Waals surface area contributed by atoms with Crippen LogP contribution in [0.2, 0.25) is 0 Å². The maximum atomic E-state index is 11.7. The molecular formula is C12H20O4. The molecule has 0 N–H and O–H groups in total. The van der Waals surface area contributed by atoms with Gasteiger partial charge in [0.15, 0.2) is 0 Å². The van der Waals surface area contributed by atoms with Gasteiger partial charge in [-0.2, -0.15) is 0 Å². The molecule has 0 amide bonds. The Bertz CT molecular complexity index is 237. The lowest BCUT2D eigenvalue weighted by Gasteiger charge is -2.17. The molecule has 0 aromatic carbocycles. The highest BCUT2D eigenvalue weighted by Crippen LogP contribution is 2.17. The number of cyclic esters (lactones) is 2. The van der Waals surface area contributed by atoms with Crippen LogP contribution in [-0.4, -0.2) is 25.2 Å². The second-order valence-corrected chi connectivity index (χ2v) is 4.14. The van der Waals surface area contributed by atoms with Crippen LogP contribution < -0.4 is 0 Å². The molecule has 1 atom stereocenters. The fraction of sp³-hybridized carbons (Fsp3) is 0.833. The molecule has 0 radical (unpaired) electrons. The molecule has 0 saturated carbocycles. The van der Waals surface area contributed by atoms with E-state index in [2.05, 4.69) is 6.92 Å². The Morgan fingerprint density at radius 2 is 1.88 bits per heavy atom. The van der Waals surface area contributed by atoms with Gasteiger partial charge in [0.1, 0.15) is 0 Å². The van der Waals surface area contributed by atoms with Crippen molar-refractivity contribution in [2.24, 2.45) is 5.92 Å². The molecule has 0 aromatic heterocycles. The molecule has 1 aliphatic heterocycles. The average molecular weight is 228 g/mol. The first-order valence-electron chi connectivity index (χ1n) is 6.06. The van der Waals surface area contributed by atoms with E-state index in [4.69, 9.17) is 9.47 Å². The van der Waals surface area contributed by atoms with E-state index in [0.29, 0.717) is 19.6 Å². The van der Waals surface area contributed by atoms with E-state index in [1.807, 2.05) is 0 Å². The highest BCUT2D eigenvalue weighted by molar-refractivity contribution is 5.80. The number of carbonyl (C=O) groups is 2. The van der Waals surface area contributed by atoms with Crippen LogP contribution in [0, 0.1) is 5.92 Å². The monoisotopic (exact) mass is 228 g/mol. The van der Waals surface area contributed by atoms with Crippen molar-refractivity contribution in [1.29, 1.82) is 0 Å². The van der Waals surface area contributed by atoms with E-state index in [1.54, 1.807) is 0 Å². The summed E-state index contributed by atoms with van der Waals surface area (Å²) < 4.78 is 10.2. The van der Waals surface area contributed by atoms with Crippen LogP contribution >= 0.6 is 0 Å². The standard InChI is InChI=1S/C12H20O4/c1-2-3-6-10-9-11(13)15-7-4-5-8-16-12(10)14/h10H,2-9H2,1H3. The van der Waals surface area contributed by atoms with Crippen LogP contribution in [0.4, 0.5) is 0 Å². The average Bonchev–Trinajstić information content (AvgIpc) is 2.28. The summed E-state index contributed by atoms with van der Waals surface area (Å²) in [7, 11) is 0. The molecule has 1 saturated heterocycles. The predicted molar refractivity (Wildman–Crippen MR) is 58.8 cm³/mol. The Hall–Kier alpha value is -1.06. The summed E-state index contributed by atoms with van der Waals surface area (Å²) in [6.07, 6.45) is 4.35. The first kappa shape index (κ1) is 13.0. The van der Waals surface area contributed by atoms with Gasteiger partial charge in [-0.15, -0.1) is 0 Å². The van der Waals surface area contributed by atoms with Crippen LogP contribution in [-0.2, 0) is 19.1 Å². The summed E-state index contributed by atoms with van der Waals surface area (Å²) in [4.78, 5) is 23.0. The van der Waals surface area contributed by atoms with Gasteiger partial charge in [0.2, 0.25) is 0 Å². The van der Waals surface area contributed by atoms with Gasteiger partial charge in [-0.05, 0) is 19.3 Å². The maximum absolute atomic E-state index is 11.7. The molecule has 1 rings (SSSR count). The second kappa shape index (κ2) is 7.25. The second-order valence-electron chi connectivity index (χ2n) is 4.14. The zero-order valence-electron chi connectivity index (χ0n) is 9.87. The van der Waals surface area contributed by atoms with E-state index in [9.17, 15) is 9.59 Å². The Kier molecular flexibility index (Phi) is 5.90. The van der Waals surface area contributed by atoms with Crippen LogP contribution in [0.1, 0.15) is 45.4 Å². The van der Waals surface area contributed by atoms with Gasteiger partial charge >= 0.3 is 11.9 Å². The number of hydrogen-bond donors (Lipinski definition) is 0. The fourth-order valence-corrected chi connectivity index (χ4v) is 1.69. The zero-order valence-corrected chi connectivity index (χ0v) is 9.87. The molecule has 1 heterocycles. The number of hydrogen-bond acceptors (Lipinski definition) is 4. The maximum Gasteiger partial charge on any atom is 0.309 e. The van der Waals surface area contributed by atoms with Crippen molar-refractivity contribution in [2.45, 2.75) is 45.4 Å². The Balaban J connectivity index is 2.51. The predicted octanol–water partition coefficient (Wildman–Crippen LogP) is 2.06. The summed E-state index contributed by atoms with van der Waals surface area (Å²) in [6, 6.07) is 0. The summed E-state index contributed by atoms with van der Waals surface area (Å²) in [5.41, 5.74) is 0. The largest absolute Gasteiger partial charge is 0.466 e. The van der Waals surface area contributed by atoms with E-state index in [1.165, 1.54) is 0 Å². The quantitative estimate of drug-likeness (QED) is 0.694. The van der Waals surface area contributed by atoms with Crippen LogP contribution in [0.5, 0.6) is 0 Å². The summed E-state index contributed by atoms with van der Waals surface area (Å²) in [5.74, 6) is -0.835. The van der Waals surface area contributed by atoms with Crippen molar-refractivity contribution < 1.29 is 19.1 Å². The highest BCUT2D eigenvalue weighted by atomic mass is 16.5. The van der Waals surface area contributed by atoms with Crippen LogP contribution in [0.15, 0.2) is 0 Å². The molecule has 0 aliphatic carbocycles. The highest BCUT2D eigenvalue weighted by Gasteiger charge is 2.24. The summed E-state index contributed by atoms with van der Waals surface area (Å²) in [6.45, 7) is 2.94. The minimum Gasteiger partial charge on any atom is -0.466 e. The van der Waals surface area contributed by atoms with Gasteiger partial charge in [-0.25, -0.2) is 0 Å². The Morgan fingerprint density at radius 3 is 2.56 bits per heavy atom. The van der Waals surface area contributed by atoms with Crippen LogP contribution in [0.25, 0.3) is 0 Å². The van der Waals surface area contributed by atoms with E-state index in [0.717, 1.165) is 25.7 Å². The van der Waals surface area contributed by atoms with Crippen molar-refractivity contribution in [1.82, 2.24) is 0 Å². The van der Waals surface area contributed by atoms with Gasteiger partial charge in [0, 0.05) is 0 Å². The lowest BCUT2D eigenvalue weighted by Crippen LogP contribution is -2.24. The van der Waals surface area contributed by atoms with E-state index >= 15 is 0 Å². The third-order valence-corrected chi connectivity index (χ3v) is 2.70. The van der Waals surface area contributed by atoms with Crippen LogP contribution in [0.3, 0.4) is 0 Å². The van der Waals surface area contributed by atoms with Crippen molar-refractivity contribution >= 4 is 11.9 Å². The first-order chi connectivity index (χ1) is 7.74. The minimum absolute atomic E-state index is 0.166. The third-order valence-electron chi connectivity index (χ3n) is 2.70. The van der Waals surface area contributed by atoms with Gasteiger partial charge < -0.3 is 9.47 Å². The van der Waals surface area contributed by atoms with Gasteiger partial charge in [-0.1, -0.05) is 19.8 Å². The smallest absolute Gasteiger partial charge is 0.309 e. The molecule has 16 heavy (non-hydrogen) atoms.